The molecule has 2 rings (SSSR count). The van der Waals surface area contributed by atoms with Gasteiger partial charge in [0.25, 0.3) is 5.69 Å². The first kappa shape index (κ1) is 14.6. The highest BCUT2D eigenvalue weighted by molar-refractivity contribution is 5.54. The SMILES string of the molecule is CCOc1cc(N)c(F)cc1Oc1ccc([N+](=O)[O-])cc1. The van der Waals surface area contributed by atoms with Crippen LogP contribution in [0.5, 0.6) is 17.2 Å². The van der Waals surface area contributed by atoms with E-state index in [1.54, 1.807) is 6.92 Å². The number of halogens is 1. The molecule has 0 aliphatic carbocycles. The average Bonchev–Trinajstić information content (AvgIpc) is 2.45. The Morgan fingerprint density at radius 3 is 2.48 bits per heavy atom. The van der Waals surface area contributed by atoms with Gasteiger partial charge in [0.05, 0.1) is 17.2 Å². The van der Waals surface area contributed by atoms with Crippen molar-refractivity contribution in [2.45, 2.75) is 6.92 Å². The quantitative estimate of drug-likeness (QED) is 0.517. The van der Waals surface area contributed by atoms with Crippen LogP contribution in [0.25, 0.3) is 0 Å². The maximum absolute atomic E-state index is 13.5. The lowest BCUT2D eigenvalue weighted by molar-refractivity contribution is -0.384. The van der Waals surface area contributed by atoms with E-state index in [1.165, 1.54) is 30.3 Å². The van der Waals surface area contributed by atoms with E-state index in [-0.39, 0.29) is 17.1 Å². The minimum atomic E-state index is -0.629. The van der Waals surface area contributed by atoms with Crippen molar-refractivity contribution in [2.75, 3.05) is 12.3 Å². The van der Waals surface area contributed by atoms with E-state index in [0.717, 1.165) is 6.07 Å². The molecule has 0 aliphatic rings. The number of anilines is 1. The lowest BCUT2D eigenvalue weighted by Crippen LogP contribution is -1.99. The number of nitrogen functional groups attached to an aromatic ring is 1. The number of nitro benzene ring substituents is 1. The molecule has 0 amide bonds. The highest BCUT2D eigenvalue weighted by Gasteiger charge is 2.12. The minimum absolute atomic E-state index is 0.0468. The molecule has 0 fully saturated rings. The van der Waals surface area contributed by atoms with Crippen LogP contribution in [0.15, 0.2) is 36.4 Å². The van der Waals surface area contributed by atoms with E-state index >= 15 is 0 Å². The lowest BCUT2D eigenvalue weighted by Gasteiger charge is -2.12. The summed E-state index contributed by atoms with van der Waals surface area (Å²) in [7, 11) is 0. The molecule has 7 heteroatoms. The van der Waals surface area contributed by atoms with Crippen LogP contribution in [0.3, 0.4) is 0 Å². The number of nitro groups is 1. The fraction of sp³-hybridized carbons (Fsp3) is 0.143. The minimum Gasteiger partial charge on any atom is -0.490 e. The van der Waals surface area contributed by atoms with Crippen molar-refractivity contribution in [1.29, 1.82) is 0 Å². The number of rotatable bonds is 5. The maximum Gasteiger partial charge on any atom is 0.269 e. The second-order valence-corrected chi connectivity index (χ2v) is 4.11. The van der Waals surface area contributed by atoms with Gasteiger partial charge in [0.1, 0.15) is 11.6 Å². The number of hydrogen-bond donors (Lipinski definition) is 1. The molecule has 0 saturated carbocycles. The number of nitrogens with zero attached hydrogens (tertiary/aromatic N) is 1. The molecule has 0 radical (unpaired) electrons. The predicted octanol–water partition coefficient (Wildman–Crippen LogP) is 3.51. The smallest absolute Gasteiger partial charge is 0.269 e. The summed E-state index contributed by atoms with van der Waals surface area (Å²) < 4.78 is 24.3. The van der Waals surface area contributed by atoms with E-state index in [0.29, 0.717) is 18.1 Å². The second kappa shape index (κ2) is 6.08. The molecule has 2 N–H and O–H groups in total. The zero-order valence-electron chi connectivity index (χ0n) is 11.2. The van der Waals surface area contributed by atoms with Crippen molar-refractivity contribution in [3.8, 4) is 17.2 Å². The fourth-order valence-electron chi connectivity index (χ4n) is 1.66. The normalized spacial score (nSPS) is 10.2. The Kier molecular flexibility index (Phi) is 4.22. The van der Waals surface area contributed by atoms with Crippen LogP contribution in [0, 0.1) is 15.9 Å². The Morgan fingerprint density at radius 1 is 1.24 bits per heavy atom. The van der Waals surface area contributed by atoms with Crippen LogP contribution in [0.1, 0.15) is 6.92 Å². The lowest BCUT2D eigenvalue weighted by atomic mass is 10.2. The predicted molar refractivity (Wildman–Crippen MR) is 75.2 cm³/mol. The van der Waals surface area contributed by atoms with Gasteiger partial charge < -0.3 is 15.2 Å². The summed E-state index contributed by atoms with van der Waals surface area (Å²) in [5, 5.41) is 10.6. The van der Waals surface area contributed by atoms with Gasteiger partial charge in [-0.05, 0) is 19.1 Å². The molecular formula is C14H13FN2O4. The molecule has 6 nitrogen and oxygen atoms in total. The number of nitrogens with two attached hydrogens (primary N) is 1. The second-order valence-electron chi connectivity index (χ2n) is 4.11. The Bertz CT molecular complexity index is 659. The summed E-state index contributed by atoms with van der Waals surface area (Å²) >= 11 is 0. The summed E-state index contributed by atoms with van der Waals surface area (Å²) in [5.74, 6) is 0.147. The van der Waals surface area contributed by atoms with Gasteiger partial charge in [0.2, 0.25) is 0 Å². The van der Waals surface area contributed by atoms with Crippen LogP contribution < -0.4 is 15.2 Å². The van der Waals surface area contributed by atoms with E-state index < -0.39 is 10.7 Å². The molecule has 0 bridgehead atoms. The third kappa shape index (κ3) is 3.38. The van der Waals surface area contributed by atoms with E-state index in [4.69, 9.17) is 15.2 Å². The summed E-state index contributed by atoms with van der Waals surface area (Å²) in [6.07, 6.45) is 0. The molecule has 0 spiro atoms. The molecule has 0 saturated heterocycles. The van der Waals surface area contributed by atoms with Crippen LogP contribution in [0.2, 0.25) is 0 Å². The summed E-state index contributed by atoms with van der Waals surface area (Å²) in [4.78, 5) is 10.1. The van der Waals surface area contributed by atoms with E-state index in [9.17, 15) is 14.5 Å². The fourth-order valence-corrected chi connectivity index (χ4v) is 1.66. The topological polar surface area (TPSA) is 87.6 Å². The van der Waals surface area contributed by atoms with E-state index in [2.05, 4.69) is 0 Å². The zero-order chi connectivity index (χ0) is 15.4. The Morgan fingerprint density at radius 2 is 1.90 bits per heavy atom. The first-order valence-corrected chi connectivity index (χ1v) is 6.15. The summed E-state index contributed by atoms with van der Waals surface area (Å²) in [5.41, 5.74) is 5.37. The van der Waals surface area contributed by atoms with Crippen LogP contribution >= 0.6 is 0 Å². The van der Waals surface area contributed by atoms with Crippen molar-refractivity contribution < 1.29 is 18.8 Å². The van der Waals surface area contributed by atoms with Crippen molar-refractivity contribution in [3.05, 3.63) is 52.3 Å². The average molecular weight is 292 g/mol. The van der Waals surface area contributed by atoms with Gasteiger partial charge in [0.15, 0.2) is 11.5 Å². The van der Waals surface area contributed by atoms with Gasteiger partial charge in [-0.1, -0.05) is 0 Å². The Labute approximate surface area is 120 Å². The number of hydrogen-bond acceptors (Lipinski definition) is 5. The standard InChI is InChI=1S/C14H13FN2O4/c1-2-20-13-8-12(16)11(15)7-14(13)21-10-5-3-9(4-6-10)17(18)19/h3-8H,2,16H2,1H3. The molecule has 0 heterocycles. The Hall–Kier alpha value is -2.83. The highest BCUT2D eigenvalue weighted by atomic mass is 19.1. The van der Waals surface area contributed by atoms with Crippen LogP contribution in [-0.2, 0) is 0 Å². The molecule has 0 atom stereocenters. The van der Waals surface area contributed by atoms with Crippen molar-refractivity contribution >= 4 is 11.4 Å². The number of ether oxygens (including phenoxy) is 2. The van der Waals surface area contributed by atoms with Crippen molar-refractivity contribution in [2.24, 2.45) is 0 Å². The van der Waals surface area contributed by atoms with Gasteiger partial charge in [-0.15, -0.1) is 0 Å². The van der Waals surface area contributed by atoms with Crippen LogP contribution in [0.4, 0.5) is 15.8 Å². The molecule has 0 aliphatic heterocycles. The summed E-state index contributed by atoms with van der Waals surface area (Å²) in [6.45, 7) is 2.14. The monoisotopic (exact) mass is 292 g/mol. The summed E-state index contributed by atoms with van der Waals surface area (Å²) in [6, 6.07) is 7.87. The van der Waals surface area contributed by atoms with Gasteiger partial charge in [-0.2, -0.15) is 0 Å². The highest BCUT2D eigenvalue weighted by Crippen LogP contribution is 2.35. The third-order valence-electron chi connectivity index (χ3n) is 2.64. The van der Waals surface area contributed by atoms with Gasteiger partial charge in [-0.3, -0.25) is 10.1 Å². The molecule has 2 aromatic rings. The number of benzene rings is 2. The van der Waals surface area contributed by atoms with Crippen molar-refractivity contribution in [3.63, 3.8) is 0 Å². The number of non-ortho nitro benzene ring substituents is 1. The zero-order valence-corrected chi connectivity index (χ0v) is 11.2. The van der Waals surface area contributed by atoms with Gasteiger partial charge in [-0.25, -0.2) is 4.39 Å². The molecule has 110 valence electrons. The van der Waals surface area contributed by atoms with Gasteiger partial charge >= 0.3 is 0 Å². The molecular weight excluding hydrogens is 279 g/mol. The molecule has 21 heavy (non-hydrogen) atoms. The largest absolute Gasteiger partial charge is 0.490 e. The van der Waals surface area contributed by atoms with Gasteiger partial charge in [0, 0.05) is 24.3 Å². The van der Waals surface area contributed by atoms with Crippen LogP contribution in [-0.4, -0.2) is 11.5 Å². The molecule has 0 unspecified atom stereocenters. The third-order valence-corrected chi connectivity index (χ3v) is 2.64. The van der Waals surface area contributed by atoms with E-state index in [1.807, 2.05) is 0 Å². The first-order chi connectivity index (χ1) is 10.0. The molecule has 2 aromatic carbocycles. The Balaban J connectivity index is 2.29. The van der Waals surface area contributed by atoms with Crippen molar-refractivity contribution in [1.82, 2.24) is 0 Å². The maximum atomic E-state index is 13.5. The first-order valence-electron chi connectivity index (χ1n) is 6.15. The molecule has 0 aromatic heterocycles.